The molecule has 1 aromatic heterocycles. The van der Waals surface area contributed by atoms with Gasteiger partial charge in [-0.1, -0.05) is 30.4 Å². The van der Waals surface area contributed by atoms with E-state index in [1.165, 1.54) is 52.8 Å². The minimum Gasteiger partial charge on any atom is -0.494 e. The zero-order valence-electron chi connectivity index (χ0n) is 21.9. The molecule has 0 saturated carbocycles. The predicted octanol–water partition coefficient (Wildman–Crippen LogP) is 6.33. The van der Waals surface area contributed by atoms with E-state index < -0.39 is 5.82 Å². The number of carbonyl (C=O) groups is 1. The highest BCUT2D eigenvalue weighted by Gasteiger charge is 2.14. The van der Waals surface area contributed by atoms with Gasteiger partial charge in [-0.3, -0.25) is 4.79 Å². The first-order chi connectivity index (χ1) is 18.4. The summed E-state index contributed by atoms with van der Waals surface area (Å²) in [5.41, 5.74) is 3.41. The number of aromatic nitrogens is 1. The summed E-state index contributed by atoms with van der Waals surface area (Å²) in [4.78, 5) is 12.9. The Balaban J connectivity index is 1.63. The SMILES string of the molecule is COc1cc(N/C=C\C(=O)c2cn(C)c3ccccc23)c(/C=C/c2cc(OC)c(OC)c(OC)c2)cc1F. The van der Waals surface area contributed by atoms with Crippen LogP contribution in [0.3, 0.4) is 0 Å². The van der Waals surface area contributed by atoms with E-state index in [4.69, 9.17) is 18.9 Å². The average Bonchev–Trinajstić information content (AvgIpc) is 3.28. The lowest BCUT2D eigenvalue weighted by molar-refractivity contribution is 0.104. The fourth-order valence-electron chi connectivity index (χ4n) is 4.21. The fraction of sp³-hybridized carbons (Fsp3) is 0.167. The monoisotopic (exact) mass is 516 g/mol. The third kappa shape index (κ3) is 5.34. The Labute approximate surface area is 220 Å². The van der Waals surface area contributed by atoms with Gasteiger partial charge in [-0.25, -0.2) is 4.39 Å². The minimum absolute atomic E-state index is 0.0752. The quantitative estimate of drug-likeness (QED) is 0.151. The van der Waals surface area contributed by atoms with Gasteiger partial charge in [0.2, 0.25) is 5.75 Å². The Morgan fingerprint density at radius 2 is 1.58 bits per heavy atom. The molecule has 0 bridgehead atoms. The number of halogens is 1. The molecule has 4 rings (SSSR count). The van der Waals surface area contributed by atoms with Crippen LogP contribution in [0.15, 0.2) is 67.0 Å². The lowest BCUT2D eigenvalue weighted by Crippen LogP contribution is -1.98. The number of benzene rings is 3. The molecule has 4 aromatic rings. The average molecular weight is 517 g/mol. The van der Waals surface area contributed by atoms with Crippen molar-refractivity contribution in [1.29, 1.82) is 0 Å². The summed E-state index contributed by atoms with van der Waals surface area (Å²) in [6, 6.07) is 14.2. The van der Waals surface area contributed by atoms with Crippen molar-refractivity contribution in [3.63, 3.8) is 0 Å². The Kier molecular flexibility index (Phi) is 8.01. The number of rotatable bonds is 10. The van der Waals surface area contributed by atoms with Crippen molar-refractivity contribution in [2.75, 3.05) is 33.8 Å². The van der Waals surface area contributed by atoms with Gasteiger partial charge in [0.05, 0.1) is 28.4 Å². The van der Waals surface area contributed by atoms with Crippen LogP contribution in [-0.2, 0) is 7.05 Å². The summed E-state index contributed by atoms with van der Waals surface area (Å²) in [5, 5.41) is 3.97. The van der Waals surface area contributed by atoms with E-state index in [0.717, 1.165) is 16.5 Å². The second-order valence-electron chi connectivity index (χ2n) is 8.38. The van der Waals surface area contributed by atoms with Gasteiger partial charge >= 0.3 is 0 Å². The molecule has 0 saturated heterocycles. The summed E-state index contributed by atoms with van der Waals surface area (Å²) in [6.45, 7) is 0. The number of carbonyl (C=O) groups excluding carboxylic acids is 1. The summed E-state index contributed by atoms with van der Waals surface area (Å²) in [7, 11) is 7.91. The van der Waals surface area contributed by atoms with Crippen LogP contribution in [-0.4, -0.2) is 38.8 Å². The number of ether oxygens (including phenoxy) is 4. The maximum atomic E-state index is 14.6. The zero-order chi connectivity index (χ0) is 27.2. The van der Waals surface area contributed by atoms with Crippen LogP contribution in [0.4, 0.5) is 10.1 Å². The van der Waals surface area contributed by atoms with Crippen molar-refractivity contribution < 1.29 is 28.1 Å². The number of hydrogen-bond donors (Lipinski definition) is 1. The molecular weight excluding hydrogens is 487 g/mol. The largest absolute Gasteiger partial charge is 0.494 e. The van der Waals surface area contributed by atoms with E-state index in [1.807, 2.05) is 42.1 Å². The number of hydrogen-bond acceptors (Lipinski definition) is 6. The van der Waals surface area contributed by atoms with E-state index in [-0.39, 0.29) is 11.5 Å². The van der Waals surface area contributed by atoms with Gasteiger partial charge in [-0.05, 0) is 29.8 Å². The molecule has 0 amide bonds. The maximum absolute atomic E-state index is 14.6. The summed E-state index contributed by atoms with van der Waals surface area (Å²) >= 11 is 0. The van der Waals surface area contributed by atoms with Crippen molar-refractivity contribution >= 4 is 34.5 Å². The first-order valence-corrected chi connectivity index (χ1v) is 11.8. The van der Waals surface area contributed by atoms with Crippen molar-refractivity contribution in [1.82, 2.24) is 4.57 Å². The van der Waals surface area contributed by atoms with E-state index in [2.05, 4.69) is 5.32 Å². The van der Waals surface area contributed by atoms with Crippen LogP contribution in [0, 0.1) is 5.82 Å². The number of methoxy groups -OCH3 is 4. The number of nitrogens with zero attached hydrogens (tertiary/aromatic N) is 1. The Morgan fingerprint density at radius 3 is 2.24 bits per heavy atom. The third-order valence-electron chi connectivity index (χ3n) is 6.10. The molecule has 8 heteroatoms. The molecule has 3 aromatic carbocycles. The topological polar surface area (TPSA) is 71.0 Å². The molecule has 0 atom stereocenters. The first-order valence-electron chi connectivity index (χ1n) is 11.8. The molecular formula is C30H29FN2O5. The Hall–Kier alpha value is -4.72. The van der Waals surface area contributed by atoms with Gasteiger partial charge < -0.3 is 28.8 Å². The van der Waals surface area contributed by atoms with Crippen molar-refractivity contribution in [3.8, 4) is 23.0 Å². The molecule has 1 N–H and O–H groups in total. The number of allylic oxidation sites excluding steroid dienone is 1. The molecule has 196 valence electrons. The zero-order valence-corrected chi connectivity index (χ0v) is 21.9. The lowest BCUT2D eigenvalue weighted by Gasteiger charge is -2.13. The molecule has 38 heavy (non-hydrogen) atoms. The highest BCUT2D eigenvalue weighted by atomic mass is 19.1. The molecule has 0 aliphatic heterocycles. The number of ketones is 1. The van der Waals surface area contributed by atoms with Crippen LogP contribution in [0.5, 0.6) is 23.0 Å². The van der Waals surface area contributed by atoms with E-state index in [0.29, 0.717) is 34.1 Å². The van der Waals surface area contributed by atoms with Crippen LogP contribution < -0.4 is 24.3 Å². The van der Waals surface area contributed by atoms with E-state index in [1.54, 1.807) is 24.3 Å². The standard InChI is InChI=1S/C30H29FN2O5/c1-33-18-22(21-8-6-7-9-25(21)33)26(34)12-13-32-24-17-27(35-2)23(31)16-20(24)11-10-19-14-28(36-3)30(38-5)29(15-19)37-4/h6-18,32H,1-5H3/b11-10+,13-12-. The Morgan fingerprint density at radius 1 is 0.895 bits per heavy atom. The van der Waals surface area contributed by atoms with Gasteiger partial charge in [0, 0.05) is 59.3 Å². The van der Waals surface area contributed by atoms with E-state index >= 15 is 0 Å². The van der Waals surface area contributed by atoms with Gasteiger partial charge in [0.1, 0.15) is 0 Å². The number of aryl methyl sites for hydroxylation is 1. The summed E-state index contributed by atoms with van der Waals surface area (Å²) < 4.78 is 37.9. The summed E-state index contributed by atoms with van der Waals surface area (Å²) in [5.74, 6) is 0.884. The predicted molar refractivity (Wildman–Crippen MR) is 148 cm³/mol. The highest BCUT2D eigenvalue weighted by molar-refractivity contribution is 6.13. The van der Waals surface area contributed by atoms with Gasteiger partial charge in [-0.2, -0.15) is 0 Å². The van der Waals surface area contributed by atoms with Crippen LogP contribution in [0.2, 0.25) is 0 Å². The maximum Gasteiger partial charge on any atom is 0.203 e. The molecule has 0 fully saturated rings. The number of fused-ring (bicyclic) bond motifs is 1. The smallest absolute Gasteiger partial charge is 0.203 e. The summed E-state index contributed by atoms with van der Waals surface area (Å²) in [6.07, 6.45) is 8.33. The highest BCUT2D eigenvalue weighted by Crippen LogP contribution is 2.39. The van der Waals surface area contributed by atoms with Crippen molar-refractivity contribution in [2.45, 2.75) is 0 Å². The van der Waals surface area contributed by atoms with Crippen molar-refractivity contribution in [2.24, 2.45) is 7.05 Å². The molecule has 7 nitrogen and oxygen atoms in total. The molecule has 0 aliphatic carbocycles. The third-order valence-corrected chi connectivity index (χ3v) is 6.10. The molecule has 1 heterocycles. The van der Waals surface area contributed by atoms with Gasteiger partial charge in [0.25, 0.3) is 0 Å². The van der Waals surface area contributed by atoms with Gasteiger partial charge in [0.15, 0.2) is 28.8 Å². The second-order valence-corrected chi connectivity index (χ2v) is 8.38. The number of para-hydroxylation sites is 1. The first kappa shape index (κ1) is 26.3. The van der Waals surface area contributed by atoms with Crippen LogP contribution in [0.1, 0.15) is 21.5 Å². The minimum atomic E-state index is -0.515. The van der Waals surface area contributed by atoms with Crippen LogP contribution >= 0.6 is 0 Å². The Bertz CT molecular complexity index is 1510. The van der Waals surface area contributed by atoms with Crippen molar-refractivity contribution in [3.05, 3.63) is 89.5 Å². The number of anilines is 1. The fourth-order valence-corrected chi connectivity index (χ4v) is 4.21. The van der Waals surface area contributed by atoms with Gasteiger partial charge in [-0.15, -0.1) is 0 Å². The molecule has 0 spiro atoms. The lowest BCUT2D eigenvalue weighted by atomic mass is 10.1. The molecule has 0 radical (unpaired) electrons. The second kappa shape index (κ2) is 11.6. The molecule has 0 unspecified atom stereocenters. The van der Waals surface area contributed by atoms with E-state index in [9.17, 15) is 9.18 Å². The molecule has 0 aliphatic rings. The normalized spacial score (nSPS) is 11.3. The number of nitrogens with one attached hydrogen (secondary N) is 1. The van der Waals surface area contributed by atoms with Crippen LogP contribution in [0.25, 0.3) is 23.1 Å².